The first-order valence-corrected chi connectivity index (χ1v) is 16.6. The van der Waals surface area contributed by atoms with Crippen LogP contribution in [0.4, 0.5) is 5.13 Å². The van der Waals surface area contributed by atoms with Crippen molar-refractivity contribution in [3.05, 3.63) is 27.2 Å². The van der Waals surface area contributed by atoms with E-state index in [0.717, 1.165) is 48.9 Å². The zero-order valence-electron chi connectivity index (χ0n) is 24.4. The van der Waals surface area contributed by atoms with Gasteiger partial charge in [0.05, 0.1) is 17.2 Å². The minimum Gasteiger partial charge on any atom is -0.478 e. The lowest BCUT2D eigenvalue weighted by Crippen LogP contribution is -2.74. The predicted molar refractivity (Wildman–Crippen MR) is 162 cm³/mol. The van der Waals surface area contributed by atoms with Crippen molar-refractivity contribution in [3.8, 4) is 0 Å². The van der Waals surface area contributed by atoms with Crippen LogP contribution in [0.2, 0.25) is 0 Å². The number of hydrogen-bond acceptors (Lipinski definition) is 15. The molecule has 4 rings (SSSR count). The van der Waals surface area contributed by atoms with Gasteiger partial charge in [-0.1, -0.05) is 5.16 Å². The van der Waals surface area contributed by atoms with Gasteiger partial charge in [0.25, 0.3) is 17.7 Å². The number of nitrogens with one attached hydrogen (secondary N) is 3. The molecule has 2 fully saturated rings. The molecule has 3 unspecified atom stereocenters. The number of likely N-dealkylation sites (N-methyl/N-ethyl adjacent to an activating group) is 1. The number of oxime groups is 1. The van der Waals surface area contributed by atoms with Crippen LogP contribution in [0.5, 0.6) is 0 Å². The summed E-state index contributed by atoms with van der Waals surface area (Å²) in [5.41, 5.74) is 3.15. The van der Waals surface area contributed by atoms with Gasteiger partial charge in [-0.15, -0.1) is 22.7 Å². The Labute approximate surface area is 265 Å². The molecule has 7 N–H and O–H groups in total. The van der Waals surface area contributed by atoms with Crippen molar-refractivity contribution < 1.29 is 42.1 Å². The first-order valence-electron chi connectivity index (χ1n) is 13.6. The molecule has 0 radical (unpaired) electrons. The summed E-state index contributed by atoms with van der Waals surface area (Å²) in [6, 6.07) is -2.95. The Morgan fingerprint density at radius 1 is 1.31 bits per heavy atom. The molecule has 2 aliphatic rings. The topological polar surface area (TPSA) is 259 Å². The summed E-state index contributed by atoms with van der Waals surface area (Å²) in [7, 11) is -3.17. The molecule has 2 aromatic heterocycles. The first-order chi connectivity index (χ1) is 21.1. The van der Waals surface area contributed by atoms with Crippen LogP contribution in [0.25, 0.3) is 0 Å². The van der Waals surface area contributed by atoms with E-state index in [1.54, 1.807) is 0 Å². The summed E-state index contributed by atoms with van der Waals surface area (Å²) in [5.74, 6) is -4.08. The van der Waals surface area contributed by atoms with Crippen LogP contribution in [-0.2, 0) is 29.5 Å². The van der Waals surface area contributed by atoms with Gasteiger partial charge in [-0.2, -0.15) is 8.42 Å². The third kappa shape index (κ3) is 7.91. The fourth-order valence-electron chi connectivity index (χ4n) is 4.54. The molecular formula is C24H33N9O9S3. The molecule has 4 heterocycles. The Hall–Kier alpha value is -3.76. The van der Waals surface area contributed by atoms with Gasteiger partial charge >= 0.3 is 16.3 Å². The second kappa shape index (κ2) is 13.7. The van der Waals surface area contributed by atoms with Crippen molar-refractivity contribution >= 4 is 67.5 Å². The predicted octanol–water partition coefficient (Wildman–Crippen LogP) is -1.30. The molecule has 0 spiro atoms. The molecule has 3 amide bonds. The zero-order chi connectivity index (χ0) is 33.1. The quantitative estimate of drug-likeness (QED) is 0.0584. The standard InChI is InChI=1S/C24H33N9O9S3/c1-24(2,22(37)38)42-31-16(13-11-43-23(25)29-13)19(35)30-17-14(33(21(17)36)45(39,40)41)8-27-18(34)15-9-28-20(44-15)12-4-6-32(10-12)7-5-26-3/h9,11-12,14,17,26H,4-8,10H2,1-3H3,(H2,25,29)(H,27,34)(H,30,35)(H,37,38)(H,39,40,41)/b31-16-. The van der Waals surface area contributed by atoms with Crippen LogP contribution in [-0.4, -0.2) is 124 Å². The number of β-lactam (4-membered cyclic amide) rings is 1. The SMILES string of the molecule is CNCCN1CCC(c2ncc(C(=O)NCC3C(NC(=O)/C(=N\OC(C)(C)C(=O)O)c4csc(N)n4)C(=O)N3S(=O)(=O)O)s2)C1. The largest absolute Gasteiger partial charge is 0.478 e. The van der Waals surface area contributed by atoms with Gasteiger partial charge in [-0.25, -0.2) is 19.1 Å². The number of carbonyl (C=O) groups excluding carboxylic acids is 3. The normalized spacial score (nSPS) is 21.0. The maximum Gasteiger partial charge on any atom is 0.362 e. The molecule has 2 saturated heterocycles. The molecule has 18 nitrogen and oxygen atoms in total. The highest BCUT2D eigenvalue weighted by Gasteiger charge is 2.54. The molecule has 246 valence electrons. The molecule has 2 aliphatic heterocycles. The van der Waals surface area contributed by atoms with Gasteiger partial charge in [0.15, 0.2) is 10.8 Å². The van der Waals surface area contributed by atoms with Crippen LogP contribution >= 0.6 is 22.7 Å². The number of carbonyl (C=O) groups is 4. The van der Waals surface area contributed by atoms with E-state index in [9.17, 15) is 37.3 Å². The first kappa shape index (κ1) is 34.1. The number of hydrogen-bond donors (Lipinski definition) is 6. The molecule has 0 bridgehead atoms. The minimum atomic E-state index is -5.06. The highest BCUT2D eigenvalue weighted by molar-refractivity contribution is 7.84. The second-order valence-electron chi connectivity index (χ2n) is 10.7. The highest BCUT2D eigenvalue weighted by atomic mass is 32.2. The Kier molecular flexibility index (Phi) is 10.4. The minimum absolute atomic E-state index is 0.0473. The van der Waals surface area contributed by atoms with E-state index in [1.165, 1.54) is 36.8 Å². The van der Waals surface area contributed by atoms with Gasteiger partial charge in [0.2, 0.25) is 5.60 Å². The van der Waals surface area contributed by atoms with Crippen molar-refractivity contribution in [3.63, 3.8) is 0 Å². The number of carboxylic acids is 1. The van der Waals surface area contributed by atoms with Gasteiger partial charge in [0, 0.05) is 37.5 Å². The molecule has 0 aromatic carbocycles. The summed E-state index contributed by atoms with van der Waals surface area (Å²) in [4.78, 5) is 66.3. The summed E-state index contributed by atoms with van der Waals surface area (Å²) in [6.07, 6.45) is 2.31. The Morgan fingerprint density at radius 3 is 2.67 bits per heavy atom. The lowest BCUT2D eigenvalue weighted by Gasteiger charge is -2.44. The summed E-state index contributed by atoms with van der Waals surface area (Å²) in [5, 5.41) is 23.1. The number of likely N-dealkylation sites (tertiary alicyclic amines) is 1. The Morgan fingerprint density at radius 2 is 2.04 bits per heavy atom. The number of aliphatic carboxylic acids is 1. The summed E-state index contributed by atoms with van der Waals surface area (Å²) < 4.78 is 33.7. The Balaban J connectivity index is 1.46. The molecule has 2 aromatic rings. The van der Waals surface area contributed by atoms with Gasteiger partial charge < -0.3 is 36.5 Å². The third-order valence-electron chi connectivity index (χ3n) is 7.08. The van der Waals surface area contributed by atoms with E-state index < -0.39 is 63.9 Å². The second-order valence-corrected chi connectivity index (χ2v) is 14.0. The summed E-state index contributed by atoms with van der Waals surface area (Å²) in [6.45, 7) is 5.36. The Bertz CT molecular complexity index is 1590. The van der Waals surface area contributed by atoms with E-state index in [4.69, 9.17) is 10.6 Å². The number of thiazole rings is 2. The van der Waals surface area contributed by atoms with Crippen LogP contribution in [0, 0.1) is 0 Å². The molecule has 0 aliphatic carbocycles. The maximum absolute atomic E-state index is 13.2. The smallest absolute Gasteiger partial charge is 0.362 e. The number of carboxylic acid groups (broad SMARTS) is 1. The molecule has 21 heteroatoms. The number of amides is 3. The number of nitrogens with two attached hydrogens (primary N) is 1. The highest BCUT2D eigenvalue weighted by Crippen LogP contribution is 2.30. The van der Waals surface area contributed by atoms with Crippen LogP contribution < -0.4 is 21.7 Å². The number of rotatable bonds is 14. The fourth-order valence-corrected chi connectivity index (χ4v) is 6.93. The lowest BCUT2D eigenvalue weighted by molar-refractivity contribution is -0.161. The maximum atomic E-state index is 13.2. The van der Waals surface area contributed by atoms with Gasteiger partial charge in [0.1, 0.15) is 16.6 Å². The van der Waals surface area contributed by atoms with Crippen molar-refractivity contribution in [1.29, 1.82) is 0 Å². The van der Waals surface area contributed by atoms with Crippen LogP contribution in [0.1, 0.15) is 46.6 Å². The van der Waals surface area contributed by atoms with Gasteiger partial charge in [-0.05, 0) is 33.9 Å². The number of anilines is 1. The monoisotopic (exact) mass is 687 g/mol. The van der Waals surface area contributed by atoms with Crippen molar-refractivity contribution in [2.75, 3.05) is 45.5 Å². The average Bonchev–Trinajstić information content (AvgIpc) is 3.73. The van der Waals surface area contributed by atoms with E-state index >= 15 is 0 Å². The van der Waals surface area contributed by atoms with Crippen molar-refractivity contribution in [1.82, 2.24) is 35.1 Å². The van der Waals surface area contributed by atoms with Crippen LogP contribution in [0.15, 0.2) is 16.7 Å². The molecular weight excluding hydrogens is 655 g/mol. The number of nitrogen functional groups attached to an aromatic ring is 1. The molecule has 45 heavy (non-hydrogen) atoms. The van der Waals surface area contributed by atoms with Crippen molar-refractivity contribution in [2.45, 2.75) is 43.9 Å². The van der Waals surface area contributed by atoms with Crippen molar-refractivity contribution in [2.24, 2.45) is 5.16 Å². The van der Waals surface area contributed by atoms with Gasteiger partial charge in [-0.3, -0.25) is 18.9 Å². The fraction of sp³-hybridized carbons (Fsp3) is 0.542. The van der Waals surface area contributed by atoms with E-state index in [2.05, 4.69) is 36.0 Å². The van der Waals surface area contributed by atoms with E-state index in [0.29, 0.717) is 0 Å². The molecule has 0 saturated carbocycles. The zero-order valence-corrected chi connectivity index (χ0v) is 26.9. The number of aromatic nitrogens is 2. The van der Waals surface area contributed by atoms with E-state index in [1.807, 2.05) is 7.05 Å². The summed E-state index contributed by atoms with van der Waals surface area (Å²) >= 11 is 2.15. The van der Waals surface area contributed by atoms with E-state index in [-0.39, 0.29) is 25.9 Å². The average molecular weight is 688 g/mol. The molecule has 3 atom stereocenters. The lowest BCUT2D eigenvalue weighted by atomic mass is 9.98. The van der Waals surface area contributed by atoms with Crippen LogP contribution in [0.3, 0.4) is 0 Å². The number of nitrogens with zero attached hydrogens (tertiary/aromatic N) is 5. The third-order valence-corrected chi connectivity index (χ3v) is 9.86.